The van der Waals surface area contributed by atoms with Crippen LogP contribution in [0.2, 0.25) is 0 Å². The second-order valence-corrected chi connectivity index (χ2v) is 5.60. The zero-order chi connectivity index (χ0) is 14.8. The smallest absolute Gasteiger partial charge is 0.167 e. The van der Waals surface area contributed by atoms with Crippen LogP contribution in [0.25, 0.3) is 0 Å². The molecule has 3 heteroatoms. The maximum atomic E-state index is 10.6. The minimum absolute atomic E-state index is 0.484. The van der Waals surface area contributed by atoms with Crippen LogP contribution in [0, 0.1) is 0 Å². The van der Waals surface area contributed by atoms with Gasteiger partial charge in [-0.1, -0.05) is 50.2 Å². The van der Waals surface area contributed by atoms with Gasteiger partial charge in [0.25, 0.3) is 0 Å². The van der Waals surface area contributed by atoms with Crippen molar-refractivity contribution in [1.29, 1.82) is 0 Å². The third-order valence-corrected chi connectivity index (χ3v) is 3.81. The molecule has 0 saturated carbocycles. The maximum Gasteiger partial charge on any atom is 0.167 e. The van der Waals surface area contributed by atoms with E-state index in [1.807, 2.05) is 30.3 Å². The minimum Gasteiger partial charge on any atom is -0.486 e. The fourth-order valence-electron chi connectivity index (χ4n) is 2.55. The zero-order valence-electron chi connectivity index (χ0n) is 12.4. The summed E-state index contributed by atoms with van der Waals surface area (Å²) in [7, 11) is 0. The van der Waals surface area contributed by atoms with E-state index in [1.54, 1.807) is 0 Å². The molecule has 1 aliphatic heterocycles. The molecule has 0 aromatic heterocycles. The van der Waals surface area contributed by atoms with Crippen LogP contribution in [-0.2, 0) is 0 Å². The van der Waals surface area contributed by atoms with Crippen LogP contribution >= 0.6 is 0 Å². The van der Waals surface area contributed by atoms with Crippen LogP contribution in [0.3, 0.4) is 0 Å². The first-order chi connectivity index (χ1) is 10.2. The van der Waals surface area contributed by atoms with Crippen molar-refractivity contribution in [3.05, 3.63) is 59.2 Å². The predicted octanol–water partition coefficient (Wildman–Crippen LogP) is 3.66. The Bertz CT molecular complexity index is 617. The standard InChI is InChI=1S/C18H20O3/c1-12(2)13-6-8-14(9-7-13)17(19)15-4-3-5-16-18(15)21-11-10-20-16/h3-9,12,17,19H,10-11H2,1-2H3. The number of rotatable bonds is 3. The van der Waals surface area contributed by atoms with Gasteiger partial charge in [-0.2, -0.15) is 0 Å². The lowest BCUT2D eigenvalue weighted by Crippen LogP contribution is -2.17. The number of benzene rings is 2. The molecule has 1 heterocycles. The summed E-state index contributed by atoms with van der Waals surface area (Å²) in [5.74, 6) is 1.85. The summed E-state index contributed by atoms with van der Waals surface area (Å²) in [6.07, 6.45) is -0.706. The van der Waals surface area contributed by atoms with Gasteiger partial charge in [-0.25, -0.2) is 0 Å². The van der Waals surface area contributed by atoms with Gasteiger partial charge in [-0.05, 0) is 23.1 Å². The van der Waals surface area contributed by atoms with Gasteiger partial charge in [0.2, 0.25) is 0 Å². The van der Waals surface area contributed by atoms with Gasteiger partial charge < -0.3 is 14.6 Å². The third-order valence-electron chi connectivity index (χ3n) is 3.81. The lowest BCUT2D eigenvalue weighted by Gasteiger charge is -2.23. The summed E-state index contributed by atoms with van der Waals surface area (Å²) in [5, 5.41) is 10.6. The first-order valence-electron chi connectivity index (χ1n) is 7.33. The van der Waals surface area contributed by atoms with Crippen molar-refractivity contribution in [2.45, 2.75) is 25.9 Å². The Morgan fingerprint density at radius 3 is 2.29 bits per heavy atom. The van der Waals surface area contributed by atoms with Gasteiger partial charge in [0.05, 0.1) is 0 Å². The Balaban J connectivity index is 1.93. The Kier molecular flexibility index (Phi) is 3.84. The van der Waals surface area contributed by atoms with E-state index in [2.05, 4.69) is 26.0 Å². The van der Waals surface area contributed by atoms with Crippen molar-refractivity contribution in [1.82, 2.24) is 0 Å². The summed E-state index contributed by atoms with van der Waals surface area (Å²) in [4.78, 5) is 0. The van der Waals surface area contributed by atoms with Crippen LogP contribution in [0.5, 0.6) is 11.5 Å². The first-order valence-corrected chi connectivity index (χ1v) is 7.33. The highest BCUT2D eigenvalue weighted by Crippen LogP contribution is 2.39. The highest BCUT2D eigenvalue weighted by atomic mass is 16.6. The topological polar surface area (TPSA) is 38.7 Å². The summed E-state index contributed by atoms with van der Waals surface area (Å²) < 4.78 is 11.2. The number of fused-ring (bicyclic) bond motifs is 1. The van der Waals surface area contributed by atoms with Crippen molar-refractivity contribution in [2.24, 2.45) is 0 Å². The predicted molar refractivity (Wildman–Crippen MR) is 82.0 cm³/mol. The zero-order valence-corrected chi connectivity index (χ0v) is 12.4. The molecular formula is C18H20O3. The van der Waals surface area contributed by atoms with Gasteiger partial charge in [0.15, 0.2) is 11.5 Å². The van der Waals surface area contributed by atoms with E-state index in [0.717, 1.165) is 11.1 Å². The molecule has 0 radical (unpaired) electrons. The van der Waals surface area contributed by atoms with Gasteiger partial charge in [0.1, 0.15) is 19.3 Å². The molecule has 2 aromatic rings. The molecule has 1 atom stereocenters. The average Bonchev–Trinajstić information content (AvgIpc) is 2.53. The highest BCUT2D eigenvalue weighted by molar-refractivity contribution is 5.50. The van der Waals surface area contributed by atoms with Crippen LogP contribution in [-0.4, -0.2) is 18.3 Å². The minimum atomic E-state index is -0.706. The SMILES string of the molecule is CC(C)c1ccc(C(O)c2cccc3c2OCCO3)cc1. The molecule has 0 spiro atoms. The fourth-order valence-corrected chi connectivity index (χ4v) is 2.55. The van der Waals surface area contributed by atoms with E-state index in [4.69, 9.17) is 9.47 Å². The number of hydrogen-bond donors (Lipinski definition) is 1. The largest absolute Gasteiger partial charge is 0.486 e. The average molecular weight is 284 g/mol. The van der Waals surface area contributed by atoms with Crippen LogP contribution < -0.4 is 9.47 Å². The maximum absolute atomic E-state index is 10.6. The van der Waals surface area contributed by atoms with Crippen molar-refractivity contribution < 1.29 is 14.6 Å². The first kappa shape index (κ1) is 14.0. The van der Waals surface area contributed by atoms with E-state index >= 15 is 0 Å². The van der Waals surface area contributed by atoms with Gasteiger partial charge in [0, 0.05) is 5.56 Å². The molecular weight excluding hydrogens is 264 g/mol. The number of hydrogen-bond acceptors (Lipinski definition) is 3. The lowest BCUT2D eigenvalue weighted by molar-refractivity contribution is 0.158. The van der Waals surface area contributed by atoms with E-state index < -0.39 is 6.10 Å². The molecule has 0 amide bonds. The van der Waals surface area contributed by atoms with E-state index in [0.29, 0.717) is 30.6 Å². The Labute approximate surface area is 125 Å². The summed E-state index contributed by atoms with van der Waals surface area (Å²) in [6.45, 7) is 5.38. The van der Waals surface area contributed by atoms with Crippen LogP contribution in [0.15, 0.2) is 42.5 Å². The quantitative estimate of drug-likeness (QED) is 0.934. The molecule has 3 nitrogen and oxygen atoms in total. The Hall–Kier alpha value is -2.00. The molecule has 0 aliphatic carbocycles. The molecule has 0 bridgehead atoms. The molecule has 3 rings (SSSR count). The van der Waals surface area contributed by atoms with Gasteiger partial charge in [-0.3, -0.25) is 0 Å². The molecule has 21 heavy (non-hydrogen) atoms. The van der Waals surface area contributed by atoms with Gasteiger partial charge >= 0.3 is 0 Å². The molecule has 1 unspecified atom stereocenters. The summed E-state index contributed by atoms with van der Waals surface area (Å²) in [6, 6.07) is 13.7. The van der Waals surface area contributed by atoms with Crippen LogP contribution in [0.4, 0.5) is 0 Å². The summed E-state index contributed by atoms with van der Waals surface area (Å²) >= 11 is 0. The molecule has 1 aliphatic rings. The van der Waals surface area contributed by atoms with E-state index in [-0.39, 0.29) is 0 Å². The summed E-state index contributed by atoms with van der Waals surface area (Å²) in [5.41, 5.74) is 2.88. The molecule has 0 fully saturated rings. The second-order valence-electron chi connectivity index (χ2n) is 5.60. The Morgan fingerprint density at radius 1 is 0.905 bits per heavy atom. The van der Waals surface area contributed by atoms with Crippen molar-refractivity contribution >= 4 is 0 Å². The fraction of sp³-hybridized carbons (Fsp3) is 0.333. The number of ether oxygens (including phenoxy) is 2. The third kappa shape index (κ3) is 2.74. The van der Waals surface area contributed by atoms with E-state index in [9.17, 15) is 5.11 Å². The highest BCUT2D eigenvalue weighted by Gasteiger charge is 2.21. The number of para-hydroxylation sites is 1. The second kappa shape index (κ2) is 5.78. The number of aliphatic hydroxyl groups excluding tert-OH is 1. The lowest BCUT2D eigenvalue weighted by atomic mass is 9.96. The molecule has 1 N–H and O–H groups in total. The monoisotopic (exact) mass is 284 g/mol. The number of aliphatic hydroxyl groups is 1. The molecule has 110 valence electrons. The molecule has 2 aromatic carbocycles. The molecule has 0 saturated heterocycles. The Morgan fingerprint density at radius 2 is 1.57 bits per heavy atom. The van der Waals surface area contributed by atoms with Gasteiger partial charge in [-0.15, -0.1) is 0 Å². The normalized spacial score (nSPS) is 15.0. The van der Waals surface area contributed by atoms with Crippen molar-refractivity contribution in [2.75, 3.05) is 13.2 Å². The van der Waals surface area contributed by atoms with E-state index in [1.165, 1.54) is 5.56 Å². The van der Waals surface area contributed by atoms with Crippen molar-refractivity contribution in [3.8, 4) is 11.5 Å². The van der Waals surface area contributed by atoms with Crippen molar-refractivity contribution in [3.63, 3.8) is 0 Å². The van der Waals surface area contributed by atoms with Crippen LogP contribution in [0.1, 0.15) is 42.6 Å².